The van der Waals surface area contributed by atoms with Gasteiger partial charge in [0.25, 0.3) is 0 Å². The predicted octanol–water partition coefficient (Wildman–Crippen LogP) is 3.17. The lowest BCUT2D eigenvalue weighted by Gasteiger charge is -2.13. The monoisotopic (exact) mass is 281 g/mol. The minimum absolute atomic E-state index is 0.168. The molecule has 20 heavy (non-hydrogen) atoms. The van der Waals surface area contributed by atoms with E-state index in [2.05, 4.69) is 10.3 Å². The highest BCUT2D eigenvalue weighted by Crippen LogP contribution is 2.33. The first-order chi connectivity index (χ1) is 9.50. The van der Waals surface area contributed by atoms with Crippen LogP contribution in [0.5, 0.6) is 0 Å². The van der Waals surface area contributed by atoms with Crippen molar-refractivity contribution in [3.05, 3.63) is 59.3 Å². The van der Waals surface area contributed by atoms with E-state index in [1.807, 2.05) is 24.3 Å². The van der Waals surface area contributed by atoms with Gasteiger partial charge in [-0.3, -0.25) is 0 Å². The van der Waals surface area contributed by atoms with Crippen LogP contribution in [0, 0.1) is 0 Å². The average molecular weight is 281 g/mol. The Labute approximate surface area is 114 Å². The van der Waals surface area contributed by atoms with Gasteiger partial charge < -0.3 is 11.1 Å². The van der Waals surface area contributed by atoms with Crippen molar-refractivity contribution in [1.29, 1.82) is 0 Å². The van der Waals surface area contributed by atoms with Crippen LogP contribution in [0.25, 0.3) is 0 Å². The fourth-order valence-corrected chi connectivity index (χ4v) is 1.83. The highest BCUT2D eigenvalue weighted by Gasteiger charge is 2.33. The van der Waals surface area contributed by atoms with Crippen molar-refractivity contribution in [2.45, 2.75) is 19.3 Å². The Morgan fingerprint density at radius 1 is 1.10 bits per heavy atom. The van der Waals surface area contributed by atoms with Crippen molar-refractivity contribution in [2.75, 3.05) is 5.32 Å². The van der Waals surface area contributed by atoms with E-state index in [1.165, 1.54) is 12.3 Å². The van der Waals surface area contributed by atoms with Crippen LogP contribution in [0.15, 0.2) is 42.6 Å². The molecule has 1 aromatic heterocycles. The van der Waals surface area contributed by atoms with Crippen LogP contribution in [-0.4, -0.2) is 4.98 Å². The highest BCUT2D eigenvalue weighted by atomic mass is 19.4. The van der Waals surface area contributed by atoms with Crippen molar-refractivity contribution in [3.63, 3.8) is 0 Å². The largest absolute Gasteiger partial charge is 0.419 e. The zero-order chi connectivity index (χ0) is 14.6. The van der Waals surface area contributed by atoms with Crippen LogP contribution in [0.2, 0.25) is 0 Å². The van der Waals surface area contributed by atoms with Crippen LogP contribution in [0.3, 0.4) is 0 Å². The van der Waals surface area contributed by atoms with Gasteiger partial charge in [0.1, 0.15) is 5.82 Å². The van der Waals surface area contributed by atoms with Gasteiger partial charge in [-0.25, -0.2) is 4.98 Å². The third-order valence-corrected chi connectivity index (χ3v) is 2.80. The molecule has 0 bridgehead atoms. The number of nitrogens with zero attached hydrogens (tertiary/aromatic N) is 1. The molecule has 0 unspecified atom stereocenters. The number of nitrogens with one attached hydrogen (secondary N) is 1. The Hall–Kier alpha value is -2.08. The van der Waals surface area contributed by atoms with Crippen molar-refractivity contribution in [1.82, 2.24) is 4.98 Å². The number of rotatable bonds is 4. The molecule has 0 amide bonds. The first-order valence-corrected chi connectivity index (χ1v) is 6.04. The molecule has 0 saturated carbocycles. The van der Waals surface area contributed by atoms with Gasteiger partial charge in [-0.1, -0.05) is 24.3 Å². The second-order valence-corrected chi connectivity index (χ2v) is 4.27. The van der Waals surface area contributed by atoms with E-state index in [1.54, 1.807) is 0 Å². The Balaban J connectivity index is 2.15. The Bertz CT molecular complexity index is 582. The summed E-state index contributed by atoms with van der Waals surface area (Å²) in [6.07, 6.45) is -3.09. The molecular weight excluding hydrogens is 267 g/mol. The fourth-order valence-electron chi connectivity index (χ4n) is 1.83. The number of hydrogen-bond acceptors (Lipinski definition) is 3. The summed E-state index contributed by atoms with van der Waals surface area (Å²) in [6.45, 7) is 0.652. The summed E-state index contributed by atoms with van der Waals surface area (Å²) in [5.41, 5.74) is 6.54. The van der Waals surface area contributed by atoms with E-state index in [0.717, 1.165) is 17.2 Å². The summed E-state index contributed by atoms with van der Waals surface area (Å²) < 4.78 is 38.4. The molecule has 0 fully saturated rings. The summed E-state index contributed by atoms with van der Waals surface area (Å²) in [4.78, 5) is 3.75. The third kappa shape index (κ3) is 3.48. The minimum atomic E-state index is -4.42. The van der Waals surface area contributed by atoms with Crippen molar-refractivity contribution < 1.29 is 13.2 Å². The summed E-state index contributed by atoms with van der Waals surface area (Å²) in [6, 6.07) is 9.63. The molecule has 0 aliphatic carbocycles. The molecule has 3 N–H and O–H groups in total. The molecule has 0 atom stereocenters. The Morgan fingerprint density at radius 3 is 2.55 bits per heavy atom. The first-order valence-electron chi connectivity index (χ1n) is 6.04. The quantitative estimate of drug-likeness (QED) is 0.905. The van der Waals surface area contributed by atoms with Crippen molar-refractivity contribution >= 4 is 5.82 Å². The van der Waals surface area contributed by atoms with Crippen molar-refractivity contribution in [2.24, 2.45) is 5.73 Å². The normalized spacial score (nSPS) is 11.4. The molecule has 3 nitrogen and oxygen atoms in total. The van der Waals surface area contributed by atoms with E-state index in [-0.39, 0.29) is 12.4 Å². The molecular formula is C14H14F3N3. The maximum Gasteiger partial charge on any atom is 0.419 e. The zero-order valence-corrected chi connectivity index (χ0v) is 10.6. The lowest BCUT2D eigenvalue weighted by atomic mass is 10.1. The summed E-state index contributed by atoms with van der Waals surface area (Å²) in [7, 11) is 0. The fraction of sp³-hybridized carbons (Fsp3) is 0.214. The molecule has 1 heterocycles. The molecule has 2 rings (SSSR count). The number of hydrogen-bond donors (Lipinski definition) is 2. The molecule has 106 valence electrons. The van der Waals surface area contributed by atoms with Gasteiger partial charge >= 0.3 is 6.18 Å². The van der Waals surface area contributed by atoms with Crippen LogP contribution in [0.1, 0.15) is 16.7 Å². The Morgan fingerprint density at radius 2 is 1.85 bits per heavy atom. The summed E-state index contributed by atoms with van der Waals surface area (Å²) >= 11 is 0. The first kappa shape index (κ1) is 14.3. The van der Waals surface area contributed by atoms with Gasteiger partial charge in [0, 0.05) is 19.3 Å². The standard InChI is InChI=1S/C14H14F3N3/c15-14(16,17)12-5-2-6-19-13(12)20-9-11-4-1-3-10(7-11)8-18/h1-7H,8-9,18H2,(H,19,20). The lowest BCUT2D eigenvalue weighted by molar-refractivity contribution is -0.137. The molecule has 0 aliphatic rings. The number of pyridine rings is 1. The number of benzene rings is 1. The molecule has 0 spiro atoms. The van der Waals surface area contributed by atoms with Gasteiger partial charge in [0.05, 0.1) is 5.56 Å². The number of halogens is 3. The molecule has 0 saturated heterocycles. The SMILES string of the molecule is NCc1cccc(CNc2ncccc2C(F)(F)F)c1. The van der Waals surface area contributed by atoms with E-state index in [0.29, 0.717) is 6.54 Å². The van der Waals surface area contributed by atoms with E-state index >= 15 is 0 Å². The second kappa shape index (κ2) is 5.92. The van der Waals surface area contributed by atoms with Gasteiger partial charge in [-0.15, -0.1) is 0 Å². The highest BCUT2D eigenvalue weighted by molar-refractivity contribution is 5.46. The maximum absolute atomic E-state index is 12.8. The summed E-state index contributed by atoms with van der Waals surface area (Å²) in [5, 5.41) is 2.72. The van der Waals surface area contributed by atoms with E-state index < -0.39 is 11.7 Å². The minimum Gasteiger partial charge on any atom is -0.365 e. The number of alkyl halides is 3. The van der Waals surface area contributed by atoms with Gasteiger partial charge in [0.2, 0.25) is 0 Å². The zero-order valence-electron chi connectivity index (χ0n) is 10.6. The molecule has 0 radical (unpaired) electrons. The van der Waals surface area contributed by atoms with Crippen LogP contribution in [-0.2, 0) is 19.3 Å². The number of nitrogens with two attached hydrogens (primary N) is 1. The van der Waals surface area contributed by atoms with Crippen LogP contribution < -0.4 is 11.1 Å². The van der Waals surface area contributed by atoms with E-state index in [9.17, 15) is 13.2 Å². The summed E-state index contributed by atoms with van der Waals surface area (Å²) in [5.74, 6) is -0.168. The lowest BCUT2D eigenvalue weighted by Crippen LogP contribution is -2.12. The predicted molar refractivity (Wildman–Crippen MR) is 70.9 cm³/mol. The third-order valence-electron chi connectivity index (χ3n) is 2.80. The topological polar surface area (TPSA) is 50.9 Å². The average Bonchev–Trinajstić information content (AvgIpc) is 2.44. The molecule has 6 heteroatoms. The van der Waals surface area contributed by atoms with Crippen LogP contribution >= 0.6 is 0 Å². The molecule has 1 aromatic carbocycles. The van der Waals surface area contributed by atoms with Gasteiger partial charge in [0.15, 0.2) is 0 Å². The Kier molecular flexibility index (Phi) is 4.24. The van der Waals surface area contributed by atoms with Crippen molar-refractivity contribution in [3.8, 4) is 0 Å². The number of anilines is 1. The van der Waals surface area contributed by atoms with Crippen LogP contribution in [0.4, 0.5) is 19.0 Å². The second-order valence-electron chi connectivity index (χ2n) is 4.27. The number of aromatic nitrogens is 1. The smallest absolute Gasteiger partial charge is 0.365 e. The van der Waals surface area contributed by atoms with E-state index in [4.69, 9.17) is 5.73 Å². The van der Waals surface area contributed by atoms with Gasteiger partial charge in [-0.05, 0) is 23.3 Å². The van der Waals surface area contributed by atoms with Gasteiger partial charge in [-0.2, -0.15) is 13.2 Å². The molecule has 0 aliphatic heterocycles. The maximum atomic E-state index is 12.8. The molecule has 2 aromatic rings.